The van der Waals surface area contributed by atoms with E-state index < -0.39 is 0 Å². The smallest absolute Gasteiger partial charge is 0.124 e. The highest BCUT2D eigenvalue weighted by atomic mass is 32.1. The van der Waals surface area contributed by atoms with Crippen LogP contribution >= 0.6 is 11.3 Å². The molecule has 0 amide bonds. The molecule has 0 radical (unpaired) electrons. The van der Waals surface area contributed by atoms with Gasteiger partial charge >= 0.3 is 0 Å². The first kappa shape index (κ1) is 15.7. The highest BCUT2D eigenvalue weighted by molar-refractivity contribution is 7.07. The van der Waals surface area contributed by atoms with E-state index in [0.717, 1.165) is 12.1 Å². The molecule has 0 aliphatic rings. The number of nitrogens with zero attached hydrogens (tertiary/aromatic N) is 1. The van der Waals surface area contributed by atoms with Crippen molar-refractivity contribution in [2.24, 2.45) is 0 Å². The minimum absolute atomic E-state index is 0.0263. The lowest BCUT2D eigenvalue weighted by Gasteiger charge is -2.16. The van der Waals surface area contributed by atoms with Gasteiger partial charge in [-0.2, -0.15) is 11.3 Å². The molecule has 0 spiro atoms. The summed E-state index contributed by atoms with van der Waals surface area (Å²) in [5, 5.41) is 12.9. The molecular formula is C17H18FNOS. The molecular weight excluding hydrogens is 285 g/mol. The van der Waals surface area contributed by atoms with Crippen molar-refractivity contribution in [2.75, 3.05) is 13.7 Å². The van der Waals surface area contributed by atoms with E-state index in [0.29, 0.717) is 18.5 Å². The molecule has 0 saturated carbocycles. The Bertz CT molecular complexity index is 628. The van der Waals surface area contributed by atoms with Crippen molar-refractivity contribution in [3.05, 3.63) is 57.5 Å². The van der Waals surface area contributed by atoms with Crippen LogP contribution in [0.2, 0.25) is 0 Å². The first-order valence-corrected chi connectivity index (χ1v) is 7.70. The number of hydrogen-bond donors (Lipinski definition) is 1. The fourth-order valence-corrected chi connectivity index (χ4v) is 2.76. The van der Waals surface area contributed by atoms with Gasteiger partial charge in [-0.25, -0.2) is 4.39 Å². The monoisotopic (exact) mass is 303 g/mol. The summed E-state index contributed by atoms with van der Waals surface area (Å²) in [4.78, 5) is 2.14. The number of aliphatic hydroxyl groups excluding tert-OH is 1. The lowest BCUT2D eigenvalue weighted by Crippen LogP contribution is -2.17. The van der Waals surface area contributed by atoms with Crippen LogP contribution in [-0.4, -0.2) is 23.7 Å². The third-order valence-electron chi connectivity index (χ3n) is 2.91. The van der Waals surface area contributed by atoms with E-state index >= 15 is 0 Å². The van der Waals surface area contributed by atoms with Crippen LogP contribution in [0.25, 0.3) is 0 Å². The molecule has 0 bridgehead atoms. The van der Waals surface area contributed by atoms with E-state index in [9.17, 15) is 4.39 Å². The molecule has 110 valence electrons. The largest absolute Gasteiger partial charge is 0.395 e. The zero-order chi connectivity index (χ0) is 15.1. The zero-order valence-corrected chi connectivity index (χ0v) is 12.8. The van der Waals surface area contributed by atoms with Gasteiger partial charge in [-0.1, -0.05) is 11.8 Å². The Labute approximate surface area is 128 Å². The quantitative estimate of drug-likeness (QED) is 0.857. The summed E-state index contributed by atoms with van der Waals surface area (Å²) in [6.45, 7) is 1.53. The van der Waals surface area contributed by atoms with E-state index in [2.05, 4.69) is 33.6 Å². The maximum Gasteiger partial charge on any atom is 0.124 e. The van der Waals surface area contributed by atoms with Crippen LogP contribution in [0.1, 0.15) is 23.1 Å². The van der Waals surface area contributed by atoms with Crippen molar-refractivity contribution in [3.8, 4) is 11.8 Å². The van der Waals surface area contributed by atoms with Crippen LogP contribution in [0.3, 0.4) is 0 Å². The SMILES string of the molecule is CN(Cc1ccsc1)Cc1cc(F)cc(C#CCCO)c1. The summed E-state index contributed by atoms with van der Waals surface area (Å²) in [6, 6.07) is 6.96. The molecule has 0 unspecified atom stereocenters. The topological polar surface area (TPSA) is 23.5 Å². The first-order valence-electron chi connectivity index (χ1n) is 6.76. The second-order valence-corrected chi connectivity index (χ2v) is 5.71. The molecule has 0 saturated heterocycles. The van der Waals surface area contributed by atoms with Gasteiger partial charge in [0.15, 0.2) is 0 Å². The lowest BCUT2D eigenvalue weighted by atomic mass is 10.1. The molecule has 0 fully saturated rings. The molecule has 1 heterocycles. The molecule has 1 N–H and O–H groups in total. The third kappa shape index (κ3) is 5.31. The summed E-state index contributed by atoms with van der Waals surface area (Å²) >= 11 is 1.68. The van der Waals surface area contributed by atoms with E-state index in [-0.39, 0.29) is 12.4 Å². The Kier molecular flexibility index (Phi) is 5.94. The van der Waals surface area contributed by atoms with Crippen molar-refractivity contribution >= 4 is 11.3 Å². The van der Waals surface area contributed by atoms with Crippen molar-refractivity contribution in [2.45, 2.75) is 19.5 Å². The summed E-state index contributed by atoms with van der Waals surface area (Å²) in [7, 11) is 2.01. The van der Waals surface area contributed by atoms with E-state index in [4.69, 9.17) is 5.11 Å². The molecule has 0 aliphatic heterocycles. The van der Waals surface area contributed by atoms with Crippen molar-refractivity contribution in [3.63, 3.8) is 0 Å². The van der Waals surface area contributed by atoms with Gasteiger partial charge < -0.3 is 5.11 Å². The Morgan fingerprint density at radius 3 is 2.76 bits per heavy atom. The number of rotatable bonds is 5. The number of thiophene rings is 1. The van der Waals surface area contributed by atoms with Gasteiger partial charge in [0.1, 0.15) is 5.82 Å². The van der Waals surface area contributed by atoms with E-state index in [1.807, 2.05) is 13.1 Å². The molecule has 21 heavy (non-hydrogen) atoms. The van der Waals surface area contributed by atoms with Crippen LogP contribution in [-0.2, 0) is 13.1 Å². The molecule has 4 heteroatoms. The summed E-state index contributed by atoms with van der Waals surface area (Å²) in [5.41, 5.74) is 2.82. The van der Waals surface area contributed by atoms with Gasteiger partial charge in [-0.3, -0.25) is 4.90 Å². The molecule has 0 atom stereocenters. The number of halogens is 1. The molecule has 1 aromatic carbocycles. The minimum Gasteiger partial charge on any atom is -0.395 e. The van der Waals surface area contributed by atoms with E-state index in [1.165, 1.54) is 11.6 Å². The Morgan fingerprint density at radius 2 is 2.05 bits per heavy atom. The Balaban J connectivity index is 2.04. The second kappa shape index (κ2) is 7.94. The maximum absolute atomic E-state index is 13.6. The standard InChI is InChI=1S/C17H18FNOS/c1-19(11-15-5-7-21-13-15)12-16-8-14(4-2-3-6-20)9-17(18)10-16/h5,7-10,13,20H,3,6,11-12H2,1H3. The van der Waals surface area contributed by atoms with Crippen LogP contribution in [0.15, 0.2) is 35.0 Å². The van der Waals surface area contributed by atoms with Crippen LogP contribution in [0.4, 0.5) is 4.39 Å². The second-order valence-electron chi connectivity index (χ2n) is 4.93. The highest BCUT2D eigenvalue weighted by Crippen LogP contribution is 2.13. The minimum atomic E-state index is -0.273. The fourth-order valence-electron chi connectivity index (χ4n) is 2.10. The Morgan fingerprint density at radius 1 is 1.24 bits per heavy atom. The van der Waals surface area contributed by atoms with Gasteiger partial charge in [0.2, 0.25) is 0 Å². The molecule has 0 aliphatic carbocycles. The zero-order valence-electron chi connectivity index (χ0n) is 12.0. The lowest BCUT2D eigenvalue weighted by molar-refractivity contribution is 0.305. The summed E-state index contributed by atoms with van der Waals surface area (Å²) in [5.74, 6) is 5.42. The van der Waals surface area contributed by atoms with Crippen LogP contribution < -0.4 is 0 Å². The summed E-state index contributed by atoms with van der Waals surface area (Å²) < 4.78 is 13.6. The van der Waals surface area contributed by atoms with Gasteiger partial charge in [0.05, 0.1) is 6.61 Å². The van der Waals surface area contributed by atoms with Gasteiger partial charge in [0, 0.05) is 25.1 Å². The van der Waals surface area contributed by atoms with Crippen LogP contribution in [0, 0.1) is 17.7 Å². The van der Waals surface area contributed by atoms with Gasteiger partial charge in [0.25, 0.3) is 0 Å². The molecule has 1 aromatic heterocycles. The number of aliphatic hydroxyl groups is 1. The van der Waals surface area contributed by atoms with E-state index in [1.54, 1.807) is 17.4 Å². The molecule has 2 rings (SSSR count). The predicted molar refractivity (Wildman–Crippen MR) is 84.5 cm³/mol. The highest BCUT2D eigenvalue weighted by Gasteiger charge is 2.05. The maximum atomic E-state index is 13.6. The molecule has 2 aromatic rings. The van der Waals surface area contributed by atoms with Crippen LogP contribution in [0.5, 0.6) is 0 Å². The summed E-state index contributed by atoms with van der Waals surface area (Å²) in [6.07, 6.45) is 0.407. The van der Waals surface area contributed by atoms with Crippen molar-refractivity contribution in [1.82, 2.24) is 4.90 Å². The normalized spacial score (nSPS) is 10.5. The fraction of sp³-hybridized carbons (Fsp3) is 0.294. The average molecular weight is 303 g/mol. The molecule has 2 nitrogen and oxygen atoms in total. The van der Waals surface area contributed by atoms with Gasteiger partial charge in [-0.15, -0.1) is 0 Å². The number of benzene rings is 1. The average Bonchev–Trinajstić information content (AvgIpc) is 2.91. The van der Waals surface area contributed by atoms with Crippen molar-refractivity contribution in [1.29, 1.82) is 0 Å². The first-order chi connectivity index (χ1) is 10.2. The third-order valence-corrected chi connectivity index (χ3v) is 3.64. The Hall–Kier alpha value is -1.67. The predicted octanol–water partition coefficient (Wildman–Crippen LogP) is 3.25. The van der Waals surface area contributed by atoms with Crippen molar-refractivity contribution < 1.29 is 9.50 Å². The number of hydrogen-bond acceptors (Lipinski definition) is 3. The van der Waals surface area contributed by atoms with Gasteiger partial charge in [-0.05, 0) is 53.2 Å².